The molecule has 1 aliphatic rings. The number of aliphatic hydroxyl groups excluding tert-OH is 1. The Bertz CT molecular complexity index is 220. The van der Waals surface area contributed by atoms with E-state index in [2.05, 4.69) is 4.90 Å². The molecule has 0 aromatic rings. The van der Waals surface area contributed by atoms with Gasteiger partial charge in [-0.2, -0.15) is 0 Å². The van der Waals surface area contributed by atoms with Crippen molar-refractivity contribution in [1.29, 1.82) is 0 Å². The molecule has 3 heteroatoms. The number of likely N-dealkylation sites (tertiary alicyclic amines) is 1. The largest absolute Gasteiger partial charge is 0.396 e. The highest BCUT2D eigenvalue weighted by atomic mass is 16.3. The third kappa shape index (κ3) is 3.92. The summed E-state index contributed by atoms with van der Waals surface area (Å²) in [5, 5.41) is 9.00. The maximum atomic E-state index is 11.7. The van der Waals surface area contributed by atoms with E-state index in [1.165, 1.54) is 0 Å². The fourth-order valence-corrected chi connectivity index (χ4v) is 1.90. The van der Waals surface area contributed by atoms with Crippen molar-refractivity contribution in [3.05, 3.63) is 0 Å². The lowest BCUT2D eigenvalue weighted by molar-refractivity contribution is -0.126. The summed E-state index contributed by atoms with van der Waals surface area (Å²) < 4.78 is 0. The highest BCUT2D eigenvalue weighted by Crippen LogP contribution is 2.19. The first-order valence-corrected chi connectivity index (χ1v) is 5.80. The van der Waals surface area contributed by atoms with Crippen LogP contribution >= 0.6 is 0 Å². The smallest absolute Gasteiger partial charge is 0.139 e. The van der Waals surface area contributed by atoms with Crippen molar-refractivity contribution >= 4 is 5.78 Å². The SMILES string of the molecule is CC(C)(C)C(=O)CCN1CCC(CO)C1. The molecule has 1 rings (SSSR count). The van der Waals surface area contributed by atoms with Crippen molar-refractivity contribution in [2.24, 2.45) is 11.3 Å². The van der Waals surface area contributed by atoms with Gasteiger partial charge in [0.15, 0.2) is 0 Å². The molecule has 1 atom stereocenters. The molecule has 0 amide bonds. The van der Waals surface area contributed by atoms with Crippen LogP contribution in [0, 0.1) is 11.3 Å². The highest BCUT2D eigenvalue weighted by Gasteiger charge is 2.25. The van der Waals surface area contributed by atoms with Crippen LogP contribution in [0.25, 0.3) is 0 Å². The first-order chi connectivity index (χ1) is 6.93. The third-order valence-electron chi connectivity index (χ3n) is 3.12. The Kier molecular flexibility index (Phi) is 4.29. The van der Waals surface area contributed by atoms with Crippen LogP contribution in [0.1, 0.15) is 33.6 Å². The zero-order valence-electron chi connectivity index (χ0n) is 10.1. The molecule has 0 spiro atoms. The highest BCUT2D eigenvalue weighted by molar-refractivity contribution is 5.83. The molecule has 1 N–H and O–H groups in total. The van der Waals surface area contributed by atoms with Gasteiger partial charge >= 0.3 is 0 Å². The maximum Gasteiger partial charge on any atom is 0.139 e. The second-order valence-corrected chi connectivity index (χ2v) is 5.56. The van der Waals surface area contributed by atoms with Gasteiger partial charge in [0.05, 0.1) is 0 Å². The lowest BCUT2D eigenvalue weighted by atomic mass is 9.89. The molecule has 0 bridgehead atoms. The van der Waals surface area contributed by atoms with Crippen LogP contribution in [-0.2, 0) is 4.79 Å². The molecule has 0 aromatic heterocycles. The minimum Gasteiger partial charge on any atom is -0.396 e. The molecular weight excluding hydrogens is 190 g/mol. The van der Waals surface area contributed by atoms with Gasteiger partial charge in [-0.1, -0.05) is 20.8 Å². The van der Waals surface area contributed by atoms with Crippen molar-refractivity contribution in [2.45, 2.75) is 33.6 Å². The molecule has 1 saturated heterocycles. The molecule has 1 aliphatic heterocycles. The number of rotatable bonds is 4. The summed E-state index contributed by atoms with van der Waals surface area (Å²) in [4.78, 5) is 14.0. The first kappa shape index (κ1) is 12.7. The molecule has 15 heavy (non-hydrogen) atoms. The molecule has 1 fully saturated rings. The van der Waals surface area contributed by atoms with E-state index in [1.54, 1.807) is 0 Å². The summed E-state index contributed by atoms with van der Waals surface area (Å²) in [6, 6.07) is 0. The molecule has 88 valence electrons. The number of carbonyl (C=O) groups is 1. The van der Waals surface area contributed by atoms with Crippen molar-refractivity contribution < 1.29 is 9.90 Å². The molecule has 0 radical (unpaired) electrons. The Hall–Kier alpha value is -0.410. The second kappa shape index (κ2) is 5.08. The number of Topliss-reactive ketones (excluding diaryl/α,β-unsaturated/α-hetero) is 1. The predicted molar refractivity (Wildman–Crippen MR) is 60.7 cm³/mol. The second-order valence-electron chi connectivity index (χ2n) is 5.56. The van der Waals surface area contributed by atoms with E-state index in [-0.39, 0.29) is 12.0 Å². The number of hydrogen-bond donors (Lipinski definition) is 1. The predicted octanol–water partition coefficient (Wildman–Crippen LogP) is 1.31. The minimum atomic E-state index is -0.212. The standard InChI is InChI=1S/C12H23NO2/c1-12(2,3)11(15)5-7-13-6-4-10(8-13)9-14/h10,14H,4-9H2,1-3H3. The fraction of sp³-hybridized carbons (Fsp3) is 0.917. The summed E-state index contributed by atoms with van der Waals surface area (Å²) in [6.45, 7) is 9.02. The summed E-state index contributed by atoms with van der Waals surface area (Å²) in [5.41, 5.74) is -0.212. The summed E-state index contributed by atoms with van der Waals surface area (Å²) >= 11 is 0. The Morgan fingerprint density at radius 1 is 1.47 bits per heavy atom. The Morgan fingerprint density at radius 3 is 2.60 bits per heavy atom. The van der Waals surface area contributed by atoms with Crippen LogP contribution in [0.2, 0.25) is 0 Å². The van der Waals surface area contributed by atoms with E-state index >= 15 is 0 Å². The number of carbonyl (C=O) groups excluding carboxylic acids is 1. The minimum absolute atomic E-state index is 0.212. The molecule has 3 nitrogen and oxygen atoms in total. The lowest BCUT2D eigenvalue weighted by Gasteiger charge is -2.20. The zero-order valence-corrected chi connectivity index (χ0v) is 10.1. The van der Waals surface area contributed by atoms with Crippen LogP contribution < -0.4 is 0 Å². The topological polar surface area (TPSA) is 40.5 Å². The average Bonchev–Trinajstić information content (AvgIpc) is 2.60. The van der Waals surface area contributed by atoms with Crippen molar-refractivity contribution in [1.82, 2.24) is 4.90 Å². The van der Waals surface area contributed by atoms with Gasteiger partial charge in [-0.3, -0.25) is 4.79 Å². The van der Waals surface area contributed by atoms with Crippen LogP contribution in [-0.4, -0.2) is 42.0 Å². The maximum absolute atomic E-state index is 11.7. The van der Waals surface area contributed by atoms with E-state index in [0.717, 1.165) is 26.1 Å². The van der Waals surface area contributed by atoms with E-state index in [9.17, 15) is 4.79 Å². The van der Waals surface area contributed by atoms with Gasteiger partial charge in [-0.05, 0) is 18.9 Å². The third-order valence-corrected chi connectivity index (χ3v) is 3.12. The normalized spacial score (nSPS) is 23.3. The number of nitrogens with zero attached hydrogens (tertiary/aromatic N) is 1. The van der Waals surface area contributed by atoms with Crippen molar-refractivity contribution in [3.63, 3.8) is 0 Å². The molecule has 0 aromatic carbocycles. The van der Waals surface area contributed by atoms with Gasteiger partial charge in [0.25, 0.3) is 0 Å². The summed E-state index contributed by atoms with van der Waals surface area (Å²) in [5.74, 6) is 0.754. The quantitative estimate of drug-likeness (QED) is 0.765. The number of hydrogen-bond acceptors (Lipinski definition) is 3. The van der Waals surface area contributed by atoms with Gasteiger partial charge in [0.1, 0.15) is 5.78 Å². The van der Waals surface area contributed by atoms with E-state index in [0.29, 0.717) is 18.1 Å². The molecule has 0 saturated carbocycles. The molecule has 1 heterocycles. The van der Waals surface area contributed by atoms with E-state index in [4.69, 9.17) is 5.11 Å². The van der Waals surface area contributed by atoms with Crippen LogP contribution in [0.5, 0.6) is 0 Å². The summed E-state index contributed by atoms with van der Waals surface area (Å²) in [6.07, 6.45) is 1.71. The van der Waals surface area contributed by atoms with Gasteiger partial charge in [0.2, 0.25) is 0 Å². The first-order valence-electron chi connectivity index (χ1n) is 5.80. The van der Waals surface area contributed by atoms with Gasteiger partial charge < -0.3 is 10.0 Å². The number of aliphatic hydroxyl groups is 1. The van der Waals surface area contributed by atoms with E-state index in [1.807, 2.05) is 20.8 Å². The molecular formula is C12H23NO2. The lowest BCUT2D eigenvalue weighted by Crippen LogP contribution is -2.28. The van der Waals surface area contributed by atoms with Crippen LogP contribution in [0.4, 0.5) is 0 Å². The Balaban J connectivity index is 2.24. The van der Waals surface area contributed by atoms with E-state index < -0.39 is 0 Å². The molecule has 1 unspecified atom stereocenters. The molecule has 0 aliphatic carbocycles. The average molecular weight is 213 g/mol. The van der Waals surface area contributed by atoms with Crippen LogP contribution in [0.3, 0.4) is 0 Å². The fourth-order valence-electron chi connectivity index (χ4n) is 1.90. The Labute approximate surface area is 92.5 Å². The van der Waals surface area contributed by atoms with Crippen molar-refractivity contribution in [3.8, 4) is 0 Å². The van der Waals surface area contributed by atoms with Gasteiger partial charge in [0, 0.05) is 31.5 Å². The van der Waals surface area contributed by atoms with Crippen LogP contribution in [0.15, 0.2) is 0 Å². The summed E-state index contributed by atoms with van der Waals surface area (Å²) in [7, 11) is 0. The zero-order chi connectivity index (χ0) is 11.5. The van der Waals surface area contributed by atoms with Gasteiger partial charge in [-0.25, -0.2) is 0 Å². The van der Waals surface area contributed by atoms with Gasteiger partial charge in [-0.15, -0.1) is 0 Å². The monoisotopic (exact) mass is 213 g/mol. The number of ketones is 1. The Morgan fingerprint density at radius 2 is 2.13 bits per heavy atom. The van der Waals surface area contributed by atoms with Crippen molar-refractivity contribution in [2.75, 3.05) is 26.2 Å².